The van der Waals surface area contributed by atoms with Gasteiger partial charge in [0.25, 0.3) is 0 Å². The summed E-state index contributed by atoms with van der Waals surface area (Å²) in [5.74, 6) is 0. The Morgan fingerprint density at radius 2 is 0.679 bits per heavy atom. The second-order valence-corrected chi connectivity index (χ2v) is 7.14. The maximum absolute atomic E-state index is 5.86. The van der Waals surface area contributed by atoms with Crippen LogP contribution >= 0.6 is 0 Å². The third kappa shape index (κ3) is 8.96. The Kier molecular flexibility index (Phi) is 14.6. The van der Waals surface area contributed by atoms with Gasteiger partial charge in [-0.2, -0.15) is 0 Å². The van der Waals surface area contributed by atoms with Gasteiger partial charge in [0.2, 0.25) is 0 Å². The Morgan fingerprint density at radius 3 is 0.893 bits per heavy atom. The maximum atomic E-state index is 5.86. The van der Waals surface area contributed by atoms with Gasteiger partial charge >= 0.3 is 197 Å². The molecule has 0 aliphatic rings. The molecule has 0 aromatic rings. The molecule has 0 aromatic carbocycles. The first-order valence-corrected chi connectivity index (χ1v) is 8.85. The monoisotopic (exact) mass is 311 g/mol. The van der Waals surface area contributed by atoms with Crippen LogP contribution in [0.1, 0.15) is 0 Å². The van der Waals surface area contributed by atoms with Crippen LogP contribution in [0.3, 0.4) is 0 Å². The van der Waals surface area contributed by atoms with Gasteiger partial charge in [0.05, 0.1) is 0 Å². The molecule has 0 aromatic heterocycles. The zero-order valence-electron chi connectivity index (χ0n) is 16.0. The van der Waals surface area contributed by atoms with Crippen LogP contribution in [0.25, 0.3) is 0 Å². The Morgan fingerprint density at radius 1 is 0.393 bits per heavy atom. The van der Waals surface area contributed by atoms with E-state index < -0.39 is 76.9 Å². The van der Waals surface area contributed by atoms with E-state index in [-0.39, 0.29) is 0 Å². The summed E-state index contributed by atoms with van der Waals surface area (Å²) in [6.45, 7) is 0.541. The molecule has 0 N–H and O–H groups in total. The zero-order chi connectivity index (χ0) is 22.3. The van der Waals surface area contributed by atoms with Gasteiger partial charge in [-0.15, -0.1) is 0 Å². The normalized spacial score (nSPS) is 9.57. The van der Waals surface area contributed by atoms with E-state index in [1.54, 1.807) is 0 Å². The van der Waals surface area contributed by atoms with Crippen LogP contribution in [0.2, 0.25) is 0 Å². The third-order valence-electron chi connectivity index (χ3n) is 4.77. The van der Waals surface area contributed by atoms with Crippen molar-refractivity contribution in [2.24, 2.45) is 4.81 Å². The van der Waals surface area contributed by atoms with Crippen LogP contribution in [-0.2, 0) is 0 Å². The molecule has 28 heteroatoms. The minimum absolute atomic E-state index is 0.697. The summed E-state index contributed by atoms with van der Waals surface area (Å²) in [5.41, 5.74) is 0. The van der Waals surface area contributed by atoms with E-state index in [4.69, 9.17) is 108 Å². The molecule has 28 heavy (non-hydrogen) atoms. The molecule has 0 aliphatic carbocycles. The Bertz CT molecular complexity index is 384. The fourth-order valence-corrected chi connectivity index (χ4v) is 3.30. The second kappa shape index (κ2) is 13.9. The van der Waals surface area contributed by atoms with Gasteiger partial charge in [-0.25, -0.2) is 0 Å². The molecule has 0 amide bonds. The first kappa shape index (κ1) is 29.6. The summed E-state index contributed by atoms with van der Waals surface area (Å²) in [7, 11) is 81.6. The minimum atomic E-state index is -0.975. The van der Waals surface area contributed by atoms with Crippen molar-refractivity contribution in [3.8, 4) is 0 Å². The van der Waals surface area contributed by atoms with Crippen molar-refractivity contribution in [2.45, 2.75) is 0 Å². The van der Waals surface area contributed by atoms with E-state index in [1.807, 2.05) is 0 Å². The van der Waals surface area contributed by atoms with Gasteiger partial charge in [-0.1, -0.05) is 0 Å². The number of hydrogen-bond acceptors (Lipinski definition) is 1. The molecule has 0 spiro atoms. The van der Waals surface area contributed by atoms with Crippen LogP contribution in [0.4, 0.5) is 0 Å². The first-order valence-electron chi connectivity index (χ1n) is 8.85. The van der Waals surface area contributed by atoms with E-state index in [0.717, 1.165) is 0 Å². The summed E-state index contributed by atoms with van der Waals surface area (Å²) in [6, 6.07) is 0. The van der Waals surface area contributed by atoms with Gasteiger partial charge < -0.3 is 0 Å². The number of nitrogens with zero attached hydrogens (tertiary/aromatic N) is 1. The first-order chi connectivity index (χ1) is 12.7. The number of hydrogen-bond donors (Lipinski definition) is 0. The second-order valence-electron chi connectivity index (χ2n) is 7.14. The molecule has 86 valence electrons. The average Bonchev–Trinajstić information content (AvgIpc) is 2.47. The van der Waals surface area contributed by atoms with Crippen molar-refractivity contribution in [1.29, 1.82) is 0 Å². The standard InChI is InChI=1S/B27N/c1-16(2)23(24(17(3)4)18(5)6)15-28-27(25(19(7)8)20(9)10)26(21(11)12)22(13)14. The molecule has 0 saturated heterocycles. The predicted molar refractivity (Wildman–Crippen MR) is 158 cm³/mol. The fourth-order valence-electron chi connectivity index (χ4n) is 3.30. The summed E-state index contributed by atoms with van der Waals surface area (Å²) >= 11 is 0. The van der Waals surface area contributed by atoms with Crippen molar-refractivity contribution >= 4 is 192 Å². The van der Waals surface area contributed by atoms with Crippen LogP contribution in [0, 0.1) is 0 Å². The molecule has 0 atom stereocenters. The average molecular weight is 306 g/mol. The molecule has 0 aliphatic heterocycles. The Hall–Kier alpha value is 1.55. The van der Waals surface area contributed by atoms with Crippen LogP contribution < -0.4 is 0 Å². The van der Waals surface area contributed by atoms with Gasteiger partial charge in [0.15, 0.2) is 0 Å². The van der Waals surface area contributed by atoms with Gasteiger partial charge in [0, 0.05) is 0 Å². The quantitative estimate of drug-likeness (QED) is 0.318. The molecule has 0 rings (SSSR count). The van der Waals surface area contributed by atoms with E-state index in [2.05, 4.69) is 4.81 Å². The third-order valence-corrected chi connectivity index (χ3v) is 4.77. The van der Waals surface area contributed by atoms with E-state index in [1.165, 1.54) is 6.96 Å². The molecule has 0 heterocycles. The summed E-state index contributed by atoms with van der Waals surface area (Å²) in [6.07, 6.45) is -9.65. The SMILES string of the molecule is [B]B([B])B(B=NB(B(B([B])[B])B([B])[B])B(B([B])[B])B([B])[B])B(B([B])[B])B([B])[B]. The molecule has 0 unspecified atom stereocenters. The fraction of sp³-hybridized carbons (Fsp3) is 0. The van der Waals surface area contributed by atoms with Gasteiger partial charge in [-0.05, 0) is 0 Å². The van der Waals surface area contributed by atoms with Gasteiger partial charge in [0.1, 0.15) is 0 Å². The molecule has 0 bridgehead atoms. The molecular formula is B27N. The predicted octanol–water partition coefficient (Wildman–Crippen LogP) is -10.1. The van der Waals surface area contributed by atoms with Crippen molar-refractivity contribution in [2.75, 3.05) is 0 Å². The van der Waals surface area contributed by atoms with Crippen molar-refractivity contribution in [3.63, 3.8) is 0 Å². The van der Waals surface area contributed by atoms with Crippen LogP contribution in [0.15, 0.2) is 4.81 Å². The molecular weight excluding hydrogens is 306 g/mol. The summed E-state index contributed by atoms with van der Waals surface area (Å²) in [4.78, 5) is 4.47. The van der Waals surface area contributed by atoms with Gasteiger partial charge in [-0.3, -0.25) is 0 Å². The number of rotatable bonds is 12. The zero-order valence-corrected chi connectivity index (χ0v) is 16.0. The van der Waals surface area contributed by atoms with Crippen molar-refractivity contribution in [3.05, 3.63) is 0 Å². The summed E-state index contributed by atoms with van der Waals surface area (Å²) in [5, 5.41) is 0. The van der Waals surface area contributed by atoms with Crippen molar-refractivity contribution in [1.82, 2.24) is 0 Å². The van der Waals surface area contributed by atoms with E-state index in [9.17, 15) is 0 Å². The molecule has 0 saturated carbocycles. The van der Waals surface area contributed by atoms with Crippen LogP contribution in [-0.4, -0.2) is 192 Å². The topological polar surface area (TPSA) is 12.4 Å². The van der Waals surface area contributed by atoms with Crippen molar-refractivity contribution < 1.29 is 0 Å². The Balaban J connectivity index is 6.20. The summed E-state index contributed by atoms with van der Waals surface area (Å²) < 4.78 is 0. The van der Waals surface area contributed by atoms with Crippen LogP contribution in [0.5, 0.6) is 0 Å². The molecule has 0 fully saturated rings. The molecule has 28 radical (unpaired) electrons. The van der Waals surface area contributed by atoms with E-state index >= 15 is 0 Å². The molecule has 1 nitrogen and oxygen atoms in total. The van der Waals surface area contributed by atoms with E-state index in [0.29, 0.717) is 0 Å². The Labute approximate surface area is 196 Å².